The van der Waals surface area contributed by atoms with Crippen LogP contribution in [0.15, 0.2) is 23.3 Å². The van der Waals surface area contributed by atoms with Gasteiger partial charge in [-0.15, -0.1) is 0 Å². The van der Waals surface area contributed by atoms with Gasteiger partial charge in [0.05, 0.1) is 0 Å². The van der Waals surface area contributed by atoms with Crippen LogP contribution < -0.4 is 0 Å². The minimum absolute atomic E-state index is 0.818. The maximum Gasteiger partial charge on any atom is 0.487 e. The second-order valence-corrected chi connectivity index (χ2v) is 4.62. The Morgan fingerprint density at radius 3 is 2.50 bits per heavy atom. The van der Waals surface area contributed by atoms with Crippen LogP contribution in [-0.4, -0.2) is 15.7 Å². The minimum Gasteiger partial charge on any atom is -0.449 e. The molecule has 0 aliphatic carbocycles. The van der Waals surface area contributed by atoms with E-state index in [0.29, 0.717) is 0 Å². The number of carboxylic acid groups (broad SMARTS) is 1. The monoisotopic (exact) mass is 159 g/mol. The van der Waals surface area contributed by atoms with Gasteiger partial charge in [-0.25, -0.2) is 9.69 Å². The van der Waals surface area contributed by atoms with Crippen LogP contribution in [0.5, 0.6) is 0 Å². The third-order valence-corrected chi connectivity index (χ3v) is 3.29. The van der Waals surface area contributed by atoms with Gasteiger partial charge in [-0.2, -0.15) is 0 Å². The van der Waals surface area contributed by atoms with Crippen LogP contribution >= 0.6 is 7.49 Å². The minimum atomic E-state index is -2.87. The van der Waals surface area contributed by atoms with Gasteiger partial charge >= 0.3 is 13.2 Å². The quantitative estimate of drug-likeness (QED) is 0.575. The smallest absolute Gasteiger partial charge is 0.449 e. The summed E-state index contributed by atoms with van der Waals surface area (Å²) >= 11 is 0. The highest BCUT2D eigenvalue weighted by Crippen LogP contribution is 2.62. The highest BCUT2D eigenvalue weighted by atomic mass is 31.2. The Balaban J connectivity index is 2.95. The third-order valence-electron chi connectivity index (χ3n) is 1.27. The van der Waals surface area contributed by atoms with Crippen LogP contribution in [0.25, 0.3) is 0 Å². The summed E-state index contributed by atoms with van der Waals surface area (Å²) in [5.41, 5.74) is -0.307. The average molecular weight is 159 g/mol. The van der Waals surface area contributed by atoms with Crippen LogP contribution in [-0.2, 0) is 0 Å². The molecule has 2 N–H and O–H groups in total. The molecule has 1 aliphatic heterocycles. The molecule has 0 spiro atoms. The fraction of sp³-hybridized carbons (Fsp3) is 0.167. The Bertz CT molecular complexity index is 231. The summed E-state index contributed by atoms with van der Waals surface area (Å²) in [6, 6.07) is 0. The molecule has 4 heteroatoms. The van der Waals surface area contributed by atoms with Gasteiger partial charge < -0.3 is 5.11 Å². The molecule has 0 saturated carbocycles. The fourth-order valence-electron chi connectivity index (χ4n) is 0.747. The van der Waals surface area contributed by atoms with E-state index in [9.17, 15) is 9.69 Å². The van der Waals surface area contributed by atoms with Crippen molar-refractivity contribution in [1.82, 2.24) is 0 Å². The summed E-state index contributed by atoms with van der Waals surface area (Å²) in [5, 5.41) is 8.49. The van der Waals surface area contributed by atoms with Gasteiger partial charge in [-0.1, -0.05) is 0 Å². The summed E-state index contributed by atoms with van der Waals surface area (Å²) in [6.45, 7) is 1.76. The van der Waals surface area contributed by atoms with Crippen LogP contribution in [0.4, 0.5) is 4.79 Å². The second kappa shape index (κ2) is 2.19. The molecular formula is C6H8O3P+. The van der Waals surface area contributed by atoms with Gasteiger partial charge in [-0.3, -0.25) is 0 Å². The largest absolute Gasteiger partial charge is 0.487 e. The molecule has 3 nitrogen and oxygen atoms in total. The highest BCUT2D eigenvalue weighted by Gasteiger charge is 2.44. The first-order valence-corrected chi connectivity index (χ1v) is 4.66. The summed E-state index contributed by atoms with van der Waals surface area (Å²) in [7, 11) is -2.87. The third kappa shape index (κ3) is 1.11. The molecule has 0 aromatic heterocycles. The number of hydrogen-bond acceptors (Lipinski definition) is 2. The Hall–Kier alpha value is -0.660. The van der Waals surface area contributed by atoms with E-state index in [-0.39, 0.29) is 0 Å². The standard InChI is InChI=1S/C6H7O3P/c1-5-2-3-10(9,4-5)6(7)8/h2-4,9H,1H3/p+1. The normalized spacial score (nSPS) is 30.4. The van der Waals surface area contributed by atoms with Gasteiger partial charge in [-0.05, 0) is 18.6 Å². The van der Waals surface area contributed by atoms with E-state index in [2.05, 4.69) is 0 Å². The van der Waals surface area contributed by atoms with Gasteiger partial charge in [0.1, 0.15) is 11.6 Å². The summed E-state index contributed by atoms with van der Waals surface area (Å²) in [4.78, 5) is 19.7. The van der Waals surface area contributed by atoms with Crippen molar-refractivity contribution in [2.75, 3.05) is 0 Å². The van der Waals surface area contributed by atoms with Gasteiger partial charge in [0, 0.05) is 0 Å². The molecule has 0 aromatic carbocycles. The molecule has 0 radical (unpaired) electrons. The van der Waals surface area contributed by atoms with E-state index in [1.165, 1.54) is 11.6 Å². The zero-order chi connectivity index (χ0) is 7.78. The van der Waals surface area contributed by atoms with Gasteiger partial charge in [0.25, 0.3) is 0 Å². The van der Waals surface area contributed by atoms with E-state index < -0.39 is 13.2 Å². The summed E-state index contributed by atoms with van der Waals surface area (Å²) in [6.07, 6.45) is 1.63. The number of allylic oxidation sites excluding steroid dienone is 2. The molecule has 0 bridgehead atoms. The van der Waals surface area contributed by atoms with E-state index >= 15 is 0 Å². The van der Waals surface area contributed by atoms with Crippen molar-refractivity contribution in [3.8, 4) is 0 Å². The summed E-state index contributed by atoms with van der Waals surface area (Å²) < 4.78 is 0. The topological polar surface area (TPSA) is 57.5 Å². The Morgan fingerprint density at radius 2 is 2.30 bits per heavy atom. The summed E-state index contributed by atoms with van der Waals surface area (Å²) in [5.74, 6) is 2.78. The maximum absolute atomic E-state index is 10.4. The molecule has 0 fully saturated rings. The molecule has 54 valence electrons. The lowest BCUT2D eigenvalue weighted by Gasteiger charge is -1.98. The lowest BCUT2D eigenvalue weighted by Crippen LogP contribution is -1.95. The van der Waals surface area contributed by atoms with Crippen molar-refractivity contribution in [3.05, 3.63) is 23.3 Å². The molecule has 1 atom stereocenters. The van der Waals surface area contributed by atoms with Crippen LogP contribution in [0.1, 0.15) is 6.92 Å². The SMILES string of the molecule is CC1=C[P+](O)(C(=O)O)C=C1. The Morgan fingerprint density at radius 1 is 1.70 bits per heavy atom. The van der Waals surface area contributed by atoms with Crippen molar-refractivity contribution in [2.24, 2.45) is 0 Å². The molecule has 0 saturated heterocycles. The second-order valence-electron chi connectivity index (χ2n) is 2.21. The molecule has 1 heterocycles. The van der Waals surface area contributed by atoms with Crippen molar-refractivity contribution in [2.45, 2.75) is 6.92 Å². The number of carbonyl (C=O) groups is 1. The zero-order valence-electron chi connectivity index (χ0n) is 5.48. The van der Waals surface area contributed by atoms with Crippen molar-refractivity contribution >= 4 is 13.2 Å². The van der Waals surface area contributed by atoms with Gasteiger partial charge in [0.15, 0.2) is 0 Å². The predicted molar refractivity (Wildman–Crippen MR) is 40.1 cm³/mol. The zero-order valence-corrected chi connectivity index (χ0v) is 6.38. The number of rotatable bonds is 1. The average Bonchev–Trinajstić information content (AvgIpc) is 2.13. The van der Waals surface area contributed by atoms with E-state index in [4.69, 9.17) is 5.11 Å². The van der Waals surface area contributed by atoms with Crippen LogP contribution in [0.3, 0.4) is 0 Å². The van der Waals surface area contributed by atoms with Crippen molar-refractivity contribution < 1.29 is 14.8 Å². The first kappa shape index (κ1) is 7.45. The molecule has 10 heavy (non-hydrogen) atoms. The molecular weight excluding hydrogens is 151 g/mol. The highest BCUT2D eigenvalue weighted by molar-refractivity contribution is 7.91. The predicted octanol–water partition coefficient (Wildman–Crippen LogP) is 2.02. The van der Waals surface area contributed by atoms with E-state index in [1.54, 1.807) is 13.0 Å². The first-order chi connectivity index (χ1) is 4.54. The van der Waals surface area contributed by atoms with Crippen molar-refractivity contribution in [3.63, 3.8) is 0 Å². The van der Waals surface area contributed by atoms with Gasteiger partial charge in [0.2, 0.25) is 0 Å². The van der Waals surface area contributed by atoms with E-state index in [1.807, 2.05) is 0 Å². The molecule has 0 amide bonds. The van der Waals surface area contributed by atoms with Crippen LogP contribution in [0.2, 0.25) is 0 Å². The maximum atomic E-state index is 10.4. The number of hydrogen-bond donors (Lipinski definition) is 2. The van der Waals surface area contributed by atoms with E-state index in [0.717, 1.165) is 5.57 Å². The fourth-order valence-corrected chi connectivity index (χ4v) is 2.24. The molecule has 1 unspecified atom stereocenters. The van der Waals surface area contributed by atoms with Crippen molar-refractivity contribution in [1.29, 1.82) is 0 Å². The molecule has 0 aromatic rings. The molecule has 1 rings (SSSR count). The molecule has 1 aliphatic rings. The first-order valence-electron chi connectivity index (χ1n) is 2.78. The lowest BCUT2D eigenvalue weighted by molar-refractivity contribution is 0.218. The Labute approximate surface area is 59.1 Å². The van der Waals surface area contributed by atoms with Crippen LogP contribution in [0, 0.1) is 0 Å². The Kier molecular flexibility index (Phi) is 1.63. The lowest BCUT2D eigenvalue weighted by atomic mass is 10.4.